The van der Waals surface area contributed by atoms with E-state index in [1.807, 2.05) is 32.9 Å². The summed E-state index contributed by atoms with van der Waals surface area (Å²) in [6.45, 7) is 5.32. The van der Waals surface area contributed by atoms with Crippen molar-refractivity contribution < 1.29 is 14.7 Å². The average molecular weight is 343 g/mol. The minimum Gasteiger partial charge on any atom is -0.480 e. The lowest BCUT2D eigenvalue weighted by atomic mass is 10.2. The highest BCUT2D eigenvalue weighted by molar-refractivity contribution is 9.10. The highest BCUT2D eigenvalue weighted by Crippen LogP contribution is 2.20. The second kappa shape index (κ2) is 7.28. The zero-order valence-corrected chi connectivity index (χ0v) is 13.4. The van der Waals surface area contributed by atoms with Gasteiger partial charge in [0.2, 0.25) is 0 Å². The zero-order chi connectivity index (χ0) is 15.3. The minimum absolute atomic E-state index is 0.137. The lowest BCUT2D eigenvalue weighted by molar-refractivity contribution is -0.138. The van der Waals surface area contributed by atoms with E-state index < -0.39 is 12.0 Å². The number of carboxylic acids is 1. The van der Waals surface area contributed by atoms with Crippen LogP contribution in [0.4, 0.5) is 10.5 Å². The molecular weight excluding hydrogens is 324 g/mol. The fourth-order valence-electron chi connectivity index (χ4n) is 1.75. The van der Waals surface area contributed by atoms with E-state index in [-0.39, 0.29) is 12.6 Å². The average Bonchev–Trinajstić information content (AvgIpc) is 2.38. The number of carboxylic acid groups (broad SMARTS) is 1. The number of nitrogens with one attached hydrogen (secondary N) is 1. The van der Waals surface area contributed by atoms with Gasteiger partial charge in [0.15, 0.2) is 0 Å². The van der Waals surface area contributed by atoms with Gasteiger partial charge in [0.05, 0.1) is 0 Å². The molecule has 1 aromatic rings. The molecule has 1 aromatic carbocycles. The minimum atomic E-state index is -1.02. The van der Waals surface area contributed by atoms with Crippen LogP contribution in [0, 0.1) is 6.92 Å². The Balaban J connectivity index is 2.87. The monoisotopic (exact) mass is 342 g/mol. The molecule has 0 aliphatic heterocycles. The molecule has 2 N–H and O–H groups in total. The smallest absolute Gasteiger partial charge is 0.323 e. The van der Waals surface area contributed by atoms with Crippen molar-refractivity contribution >= 4 is 33.6 Å². The molecule has 2 amide bonds. The number of halogens is 1. The first-order chi connectivity index (χ1) is 9.35. The van der Waals surface area contributed by atoms with Gasteiger partial charge in [-0.2, -0.15) is 0 Å². The first kappa shape index (κ1) is 16.5. The Morgan fingerprint density at radius 1 is 1.45 bits per heavy atom. The van der Waals surface area contributed by atoms with Gasteiger partial charge in [-0.05, 0) is 44.0 Å². The molecule has 0 saturated carbocycles. The maximum atomic E-state index is 12.2. The molecule has 0 aromatic heterocycles. The molecule has 1 unspecified atom stereocenters. The molecule has 1 rings (SSSR count). The van der Waals surface area contributed by atoms with Crippen LogP contribution in [-0.4, -0.2) is 34.6 Å². The number of amides is 2. The van der Waals surface area contributed by atoms with Crippen LogP contribution in [0.1, 0.15) is 25.8 Å². The zero-order valence-electron chi connectivity index (χ0n) is 11.8. The first-order valence-corrected chi connectivity index (χ1v) is 7.20. The van der Waals surface area contributed by atoms with Crippen LogP contribution in [0.2, 0.25) is 0 Å². The number of urea groups is 1. The van der Waals surface area contributed by atoms with Crippen molar-refractivity contribution in [3.8, 4) is 0 Å². The lowest BCUT2D eigenvalue weighted by Gasteiger charge is -2.27. The standard InChI is InChI=1S/C14H19BrN2O3/c1-4-10(3)17(8-13(18)19)14(20)16-12-6-5-11(15)7-9(12)2/h5-7,10H,4,8H2,1-3H3,(H,16,20)(H,18,19). The van der Waals surface area contributed by atoms with Crippen LogP contribution in [0.15, 0.2) is 22.7 Å². The molecule has 5 nitrogen and oxygen atoms in total. The van der Waals surface area contributed by atoms with Crippen LogP contribution in [0.5, 0.6) is 0 Å². The summed E-state index contributed by atoms with van der Waals surface area (Å²) in [4.78, 5) is 24.4. The Kier molecular flexibility index (Phi) is 6.01. The van der Waals surface area contributed by atoms with Crippen molar-refractivity contribution in [1.29, 1.82) is 0 Å². The number of nitrogens with zero attached hydrogens (tertiary/aromatic N) is 1. The predicted molar refractivity (Wildman–Crippen MR) is 82.0 cm³/mol. The molecule has 0 aliphatic rings. The van der Waals surface area contributed by atoms with Crippen molar-refractivity contribution in [3.63, 3.8) is 0 Å². The molecule has 0 aliphatic carbocycles. The molecule has 6 heteroatoms. The lowest BCUT2D eigenvalue weighted by Crippen LogP contribution is -2.44. The first-order valence-electron chi connectivity index (χ1n) is 6.40. The van der Waals surface area contributed by atoms with Gasteiger partial charge in [0.25, 0.3) is 0 Å². The summed E-state index contributed by atoms with van der Waals surface area (Å²) in [6, 6.07) is 4.97. The fraction of sp³-hybridized carbons (Fsp3) is 0.429. The van der Waals surface area contributed by atoms with Crippen molar-refractivity contribution in [1.82, 2.24) is 4.90 Å². The molecule has 0 fully saturated rings. The van der Waals surface area contributed by atoms with Crippen LogP contribution in [0.25, 0.3) is 0 Å². The van der Waals surface area contributed by atoms with Gasteiger partial charge in [0.1, 0.15) is 6.54 Å². The van der Waals surface area contributed by atoms with E-state index in [2.05, 4.69) is 21.2 Å². The van der Waals surface area contributed by atoms with Gasteiger partial charge >= 0.3 is 12.0 Å². The van der Waals surface area contributed by atoms with Crippen LogP contribution < -0.4 is 5.32 Å². The van der Waals surface area contributed by atoms with Crippen molar-refractivity contribution in [2.75, 3.05) is 11.9 Å². The van der Waals surface area contributed by atoms with Gasteiger partial charge in [-0.3, -0.25) is 4.79 Å². The van der Waals surface area contributed by atoms with Gasteiger partial charge in [-0.25, -0.2) is 4.79 Å². The van der Waals surface area contributed by atoms with Crippen molar-refractivity contribution in [2.45, 2.75) is 33.2 Å². The molecular formula is C14H19BrN2O3. The third-order valence-electron chi connectivity index (χ3n) is 3.12. The van der Waals surface area contributed by atoms with E-state index in [1.54, 1.807) is 6.07 Å². The van der Waals surface area contributed by atoms with E-state index in [4.69, 9.17) is 5.11 Å². The van der Waals surface area contributed by atoms with Gasteiger partial charge in [-0.15, -0.1) is 0 Å². The maximum absolute atomic E-state index is 12.2. The highest BCUT2D eigenvalue weighted by Gasteiger charge is 2.21. The second-order valence-electron chi connectivity index (χ2n) is 4.67. The predicted octanol–water partition coefficient (Wildman–Crippen LogP) is 3.47. The van der Waals surface area contributed by atoms with Gasteiger partial charge in [-0.1, -0.05) is 22.9 Å². The topological polar surface area (TPSA) is 69.6 Å². The Hall–Kier alpha value is -1.56. The number of hydrogen-bond donors (Lipinski definition) is 2. The molecule has 0 bridgehead atoms. The number of benzene rings is 1. The maximum Gasteiger partial charge on any atom is 0.323 e. The number of carbonyl (C=O) groups is 2. The fourth-order valence-corrected chi connectivity index (χ4v) is 2.22. The number of aliphatic carboxylic acids is 1. The number of carbonyl (C=O) groups excluding carboxylic acids is 1. The van der Waals surface area contributed by atoms with E-state index >= 15 is 0 Å². The number of aryl methyl sites for hydroxylation is 1. The van der Waals surface area contributed by atoms with Gasteiger partial charge < -0.3 is 15.3 Å². The summed E-state index contributed by atoms with van der Waals surface area (Å²) in [5.74, 6) is -1.02. The third-order valence-corrected chi connectivity index (χ3v) is 3.61. The highest BCUT2D eigenvalue weighted by atomic mass is 79.9. The number of rotatable bonds is 5. The Morgan fingerprint density at radius 3 is 2.60 bits per heavy atom. The molecule has 20 heavy (non-hydrogen) atoms. The quantitative estimate of drug-likeness (QED) is 0.860. The largest absolute Gasteiger partial charge is 0.480 e. The van der Waals surface area contributed by atoms with Gasteiger partial charge in [0, 0.05) is 16.2 Å². The Bertz CT molecular complexity index is 505. The van der Waals surface area contributed by atoms with Crippen LogP contribution >= 0.6 is 15.9 Å². The van der Waals surface area contributed by atoms with E-state index in [0.29, 0.717) is 12.1 Å². The molecule has 0 spiro atoms. The summed E-state index contributed by atoms with van der Waals surface area (Å²) in [7, 11) is 0. The molecule has 0 saturated heterocycles. The summed E-state index contributed by atoms with van der Waals surface area (Å²) in [6.07, 6.45) is 0.694. The SMILES string of the molecule is CCC(C)N(CC(=O)O)C(=O)Nc1ccc(Br)cc1C. The summed E-state index contributed by atoms with van der Waals surface area (Å²) in [5.41, 5.74) is 1.59. The second-order valence-corrected chi connectivity index (χ2v) is 5.58. The Labute approximate surface area is 127 Å². The Morgan fingerprint density at radius 2 is 2.10 bits per heavy atom. The summed E-state index contributed by atoms with van der Waals surface area (Å²) >= 11 is 3.36. The molecule has 0 radical (unpaired) electrons. The number of anilines is 1. The molecule has 110 valence electrons. The van der Waals surface area contributed by atoms with E-state index in [9.17, 15) is 9.59 Å². The van der Waals surface area contributed by atoms with E-state index in [0.717, 1.165) is 10.0 Å². The van der Waals surface area contributed by atoms with Crippen molar-refractivity contribution in [3.05, 3.63) is 28.2 Å². The summed E-state index contributed by atoms with van der Waals surface area (Å²) < 4.78 is 0.928. The normalized spacial score (nSPS) is 11.8. The summed E-state index contributed by atoms with van der Waals surface area (Å²) in [5, 5.41) is 11.7. The number of hydrogen-bond acceptors (Lipinski definition) is 2. The molecule has 0 heterocycles. The third kappa shape index (κ3) is 4.52. The van der Waals surface area contributed by atoms with Crippen LogP contribution in [0.3, 0.4) is 0 Å². The molecule has 1 atom stereocenters. The van der Waals surface area contributed by atoms with Crippen molar-refractivity contribution in [2.24, 2.45) is 0 Å². The van der Waals surface area contributed by atoms with Crippen LogP contribution in [-0.2, 0) is 4.79 Å². The van der Waals surface area contributed by atoms with E-state index in [1.165, 1.54) is 4.90 Å².